The lowest BCUT2D eigenvalue weighted by atomic mass is 10.2. The number of ether oxygens (including phenoxy) is 1. The Labute approximate surface area is 143 Å². The van der Waals surface area contributed by atoms with Crippen LogP contribution >= 0.6 is 0 Å². The Kier molecular flexibility index (Phi) is 13.1. The first-order chi connectivity index (χ1) is 10.9. The van der Waals surface area contributed by atoms with Gasteiger partial charge in [0.1, 0.15) is 5.60 Å². The van der Waals surface area contributed by atoms with Crippen molar-refractivity contribution in [2.75, 3.05) is 32.7 Å². The first kappa shape index (κ1) is 22.2. The molecule has 0 aromatic heterocycles. The Morgan fingerprint density at radius 2 is 1.61 bits per heavy atom. The van der Waals surface area contributed by atoms with E-state index in [2.05, 4.69) is 17.1 Å². The SMILES string of the molecule is CCCCN(CCCCCN)CCCCNC(=O)OC(C)(C)C. The van der Waals surface area contributed by atoms with Crippen molar-refractivity contribution in [1.82, 2.24) is 10.2 Å². The molecule has 0 spiro atoms. The zero-order chi connectivity index (χ0) is 17.6. The van der Waals surface area contributed by atoms with E-state index in [1.54, 1.807) is 0 Å². The Bertz CT molecular complexity index is 290. The monoisotopic (exact) mass is 329 g/mol. The molecular weight excluding hydrogens is 290 g/mol. The van der Waals surface area contributed by atoms with Crippen molar-refractivity contribution in [3.63, 3.8) is 0 Å². The smallest absolute Gasteiger partial charge is 0.407 e. The zero-order valence-electron chi connectivity index (χ0n) is 15.8. The average Bonchev–Trinajstić information content (AvgIpc) is 2.46. The molecule has 23 heavy (non-hydrogen) atoms. The number of nitrogens with one attached hydrogen (secondary N) is 1. The molecule has 0 aliphatic carbocycles. The molecule has 0 bridgehead atoms. The maximum Gasteiger partial charge on any atom is 0.407 e. The number of rotatable bonds is 13. The maximum atomic E-state index is 11.5. The second kappa shape index (κ2) is 13.6. The molecule has 0 aromatic carbocycles. The van der Waals surface area contributed by atoms with E-state index in [0.717, 1.165) is 32.4 Å². The van der Waals surface area contributed by atoms with E-state index in [-0.39, 0.29) is 6.09 Å². The highest BCUT2D eigenvalue weighted by molar-refractivity contribution is 5.67. The van der Waals surface area contributed by atoms with Crippen LogP contribution in [0.1, 0.15) is 72.6 Å². The normalized spacial score (nSPS) is 11.7. The van der Waals surface area contributed by atoms with E-state index in [1.807, 2.05) is 20.8 Å². The summed E-state index contributed by atoms with van der Waals surface area (Å²) in [7, 11) is 0. The average molecular weight is 330 g/mol. The number of alkyl carbamates (subject to hydrolysis) is 1. The molecule has 0 atom stereocenters. The lowest BCUT2D eigenvalue weighted by molar-refractivity contribution is 0.0526. The molecule has 0 saturated heterocycles. The maximum absolute atomic E-state index is 11.5. The molecule has 0 saturated carbocycles. The van der Waals surface area contributed by atoms with Crippen LogP contribution < -0.4 is 11.1 Å². The van der Waals surface area contributed by atoms with Crippen molar-refractivity contribution >= 4 is 6.09 Å². The first-order valence-electron chi connectivity index (χ1n) is 9.28. The quantitative estimate of drug-likeness (QED) is 0.507. The van der Waals surface area contributed by atoms with Crippen LogP contribution in [-0.2, 0) is 4.74 Å². The molecule has 0 aromatic rings. The van der Waals surface area contributed by atoms with Gasteiger partial charge in [-0.05, 0) is 79.1 Å². The van der Waals surface area contributed by atoms with Gasteiger partial charge in [-0.3, -0.25) is 0 Å². The predicted octanol–water partition coefficient (Wildman–Crippen LogP) is 3.52. The third-order valence-electron chi connectivity index (χ3n) is 3.58. The second-order valence-corrected chi connectivity index (χ2v) is 7.18. The summed E-state index contributed by atoms with van der Waals surface area (Å²) in [6.07, 6.45) is 7.85. The highest BCUT2D eigenvalue weighted by Gasteiger charge is 2.15. The molecule has 5 heteroatoms. The molecule has 3 N–H and O–H groups in total. The van der Waals surface area contributed by atoms with Crippen molar-refractivity contribution in [2.24, 2.45) is 5.73 Å². The molecule has 138 valence electrons. The van der Waals surface area contributed by atoms with Crippen LogP contribution in [-0.4, -0.2) is 49.3 Å². The van der Waals surface area contributed by atoms with Crippen molar-refractivity contribution in [1.29, 1.82) is 0 Å². The largest absolute Gasteiger partial charge is 0.444 e. The van der Waals surface area contributed by atoms with Gasteiger partial charge >= 0.3 is 6.09 Å². The minimum atomic E-state index is -0.426. The van der Waals surface area contributed by atoms with Gasteiger partial charge in [-0.1, -0.05) is 19.8 Å². The van der Waals surface area contributed by atoms with Crippen molar-refractivity contribution < 1.29 is 9.53 Å². The zero-order valence-corrected chi connectivity index (χ0v) is 15.8. The Hall–Kier alpha value is -0.810. The van der Waals surface area contributed by atoms with Crippen LogP contribution in [0, 0.1) is 0 Å². The second-order valence-electron chi connectivity index (χ2n) is 7.18. The van der Waals surface area contributed by atoms with Crippen molar-refractivity contribution in [2.45, 2.75) is 78.2 Å². The Morgan fingerprint density at radius 1 is 1.00 bits per heavy atom. The first-order valence-corrected chi connectivity index (χ1v) is 9.28. The van der Waals surface area contributed by atoms with E-state index in [1.165, 1.54) is 38.8 Å². The fourth-order valence-electron chi connectivity index (χ4n) is 2.34. The number of hydrogen-bond donors (Lipinski definition) is 2. The number of unbranched alkanes of at least 4 members (excludes halogenated alkanes) is 4. The van der Waals surface area contributed by atoms with Gasteiger partial charge in [-0.15, -0.1) is 0 Å². The van der Waals surface area contributed by atoms with Crippen molar-refractivity contribution in [3.8, 4) is 0 Å². The number of carbonyl (C=O) groups is 1. The fourth-order valence-corrected chi connectivity index (χ4v) is 2.34. The molecular formula is C18H39N3O2. The van der Waals surface area contributed by atoms with Crippen LogP contribution in [0.5, 0.6) is 0 Å². The van der Waals surface area contributed by atoms with Crippen LogP contribution in [0.3, 0.4) is 0 Å². The summed E-state index contributed by atoms with van der Waals surface area (Å²) in [4.78, 5) is 14.1. The van der Waals surface area contributed by atoms with Gasteiger partial charge < -0.3 is 20.7 Å². The molecule has 1 amide bonds. The molecule has 0 fully saturated rings. The van der Waals surface area contributed by atoms with Crippen LogP contribution in [0.25, 0.3) is 0 Å². The summed E-state index contributed by atoms with van der Waals surface area (Å²) in [5.74, 6) is 0. The number of nitrogens with two attached hydrogens (primary N) is 1. The minimum absolute atomic E-state index is 0.317. The van der Waals surface area contributed by atoms with Gasteiger partial charge in [-0.2, -0.15) is 0 Å². The number of carbonyl (C=O) groups excluding carboxylic acids is 1. The molecule has 0 aliphatic rings. The summed E-state index contributed by atoms with van der Waals surface area (Å²) >= 11 is 0. The fraction of sp³-hybridized carbons (Fsp3) is 0.944. The molecule has 5 nitrogen and oxygen atoms in total. The third-order valence-corrected chi connectivity index (χ3v) is 3.58. The molecule has 0 heterocycles. The summed E-state index contributed by atoms with van der Waals surface area (Å²) < 4.78 is 5.22. The molecule has 0 unspecified atom stereocenters. The highest BCUT2D eigenvalue weighted by atomic mass is 16.6. The molecule has 0 rings (SSSR count). The van der Waals surface area contributed by atoms with Gasteiger partial charge in [0, 0.05) is 6.54 Å². The predicted molar refractivity (Wildman–Crippen MR) is 97.7 cm³/mol. The van der Waals surface area contributed by atoms with Gasteiger partial charge in [0.15, 0.2) is 0 Å². The molecule has 0 aliphatic heterocycles. The summed E-state index contributed by atoms with van der Waals surface area (Å²) in [6.45, 7) is 12.8. The summed E-state index contributed by atoms with van der Waals surface area (Å²) in [5, 5.41) is 2.82. The van der Waals surface area contributed by atoms with E-state index in [4.69, 9.17) is 10.5 Å². The Balaban J connectivity index is 3.77. The van der Waals surface area contributed by atoms with E-state index in [0.29, 0.717) is 6.54 Å². The minimum Gasteiger partial charge on any atom is -0.444 e. The van der Waals surface area contributed by atoms with Gasteiger partial charge in [-0.25, -0.2) is 4.79 Å². The summed E-state index contributed by atoms with van der Waals surface area (Å²) in [6, 6.07) is 0. The lowest BCUT2D eigenvalue weighted by Gasteiger charge is -2.22. The van der Waals surface area contributed by atoms with E-state index < -0.39 is 5.60 Å². The lowest BCUT2D eigenvalue weighted by Crippen LogP contribution is -2.33. The Morgan fingerprint density at radius 3 is 2.17 bits per heavy atom. The molecule has 0 radical (unpaired) electrons. The van der Waals surface area contributed by atoms with E-state index >= 15 is 0 Å². The van der Waals surface area contributed by atoms with Crippen LogP contribution in [0.2, 0.25) is 0 Å². The topological polar surface area (TPSA) is 67.6 Å². The van der Waals surface area contributed by atoms with Gasteiger partial charge in [0.05, 0.1) is 0 Å². The van der Waals surface area contributed by atoms with Gasteiger partial charge in [0.25, 0.3) is 0 Å². The van der Waals surface area contributed by atoms with Crippen LogP contribution in [0.15, 0.2) is 0 Å². The van der Waals surface area contributed by atoms with Crippen molar-refractivity contribution in [3.05, 3.63) is 0 Å². The number of nitrogens with zero attached hydrogens (tertiary/aromatic N) is 1. The standard InChI is InChI=1S/C18H39N3O2/c1-5-6-14-21(15-10-7-8-12-19)16-11-9-13-20-17(22)23-18(2,3)4/h5-16,19H2,1-4H3,(H,20,22). The number of hydrogen-bond acceptors (Lipinski definition) is 4. The third kappa shape index (κ3) is 15.8. The van der Waals surface area contributed by atoms with Gasteiger partial charge in [0.2, 0.25) is 0 Å². The highest BCUT2D eigenvalue weighted by Crippen LogP contribution is 2.07. The van der Waals surface area contributed by atoms with E-state index in [9.17, 15) is 4.79 Å². The van der Waals surface area contributed by atoms with Crippen LogP contribution in [0.4, 0.5) is 4.79 Å². The number of amides is 1. The summed E-state index contributed by atoms with van der Waals surface area (Å²) in [5.41, 5.74) is 5.12.